The molecule has 0 aromatic heterocycles. The largest absolute Gasteiger partial charge is 0.389 e. The molecule has 62 valence electrons. The molecule has 0 rings (SSSR count). The highest BCUT2D eigenvalue weighted by atomic mass is 16.5. The predicted octanol–water partition coefficient (Wildman–Crippen LogP) is -0.0546. The Labute approximate surface area is 62.6 Å². The van der Waals surface area contributed by atoms with Crippen LogP contribution in [0.4, 0.5) is 0 Å². The number of hydrogen-bond donors (Lipinski definition) is 1. The van der Waals surface area contributed by atoms with E-state index in [0.29, 0.717) is 19.8 Å². The summed E-state index contributed by atoms with van der Waals surface area (Å²) in [6.07, 6.45) is -0.352. The highest BCUT2D eigenvalue weighted by Gasteiger charge is 2.03. The maximum absolute atomic E-state index is 9.18. The van der Waals surface area contributed by atoms with Crippen LogP contribution >= 0.6 is 0 Å². The monoisotopic (exact) mass is 147 g/mol. The lowest BCUT2D eigenvalue weighted by atomic mass is 10.3. The molecule has 0 aliphatic heterocycles. The zero-order valence-electron chi connectivity index (χ0n) is 7.00. The molecule has 3 nitrogen and oxygen atoms in total. The molecular weight excluding hydrogens is 130 g/mol. The molecule has 1 N–H and O–H groups in total. The van der Waals surface area contributed by atoms with E-state index in [1.807, 2.05) is 25.9 Å². The first-order chi connectivity index (χ1) is 4.66. The summed E-state index contributed by atoms with van der Waals surface area (Å²) >= 11 is 0. The van der Waals surface area contributed by atoms with Crippen LogP contribution in [0.5, 0.6) is 0 Å². The van der Waals surface area contributed by atoms with Crippen molar-refractivity contribution in [2.24, 2.45) is 0 Å². The van der Waals surface area contributed by atoms with E-state index in [4.69, 9.17) is 4.74 Å². The van der Waals surface area contributed by atoms with Crippen LogP contribution in [0.15, 0.2) is 0 Å². The van der Waals surface area contributed by atoms with Gasteiger partial charge in [-0.15, -0.1) is 0 Å². The van der Waals surface area contributed by atoms with Crippen molar-refractivity contribution in [1.82, 2.24) is 4.90 Å². The Kier molecular flexibility index (Phi) is 5.58. The second kappa shape index (κ2) is 5.65. The number of rotatable bonds is 5. The van der Waals surface area contributed by atoms with Crippen LogP contribution in [0.1, 0.15) is 6.92 Å². The van der Waals surface area contributed by atoms with E-state index in [2.05, 4.69) is 0 Å². The van der Waals surface area contributed by atoms with Crippen LogP contribution in [0.25, 0.3) is 0 Å². The van der Waals surface area contributed by atoms with Crippen molar-refractivity contribution in [2.75, 3.05) is 33.9 Å². The molecule has 0 bridgehead atoms. The van der Waals surface area contributed by atoms with Crippen LogP contribution in [-0.4, -0.2) is 50.0 Å². The third-order valence-corrected chi connectivity index (χ3v) is 1.09. The fraction of sp³-hybridized carbons (Fsp3) is 1.00. The fourth-order valence-corrected chi connectivity index (χ4v) is 0.728. The Balaban J connectivity index is 3.16. The smallest absolute Gasteiger partial charge is 0.0899 e. The first-order valence-corrected chi connectivity index (χ1v) is 3.57. The van der Waals surface area contributed by atoms with Gasteiger partial charge in [-0.2, -0.15) is 0 Å². The molecule has 0 spiro atoms. The third kappa shape index (κ3) is 6.01. The molecule has 1 unspecified atom stereocenters. The number of hydrogen-bond acceptors (Lipinski definition) is 3. The molecule has 1 atom stereocenters. The maximum Gasteiger partial charge on any atom is 0.0899 e. The minimum Gasteiger partial charge on any atom is -0.389 e. The van der Waals surface area contributed by atoms with Gasteiger partial charge < -0.3 is 14.7 Å². The Hall–Kier alpha value is -0.120. The van der Waals surface area contributed by atoms with E-state index in [-0.39, 0.29) is 6.10 Å². The van der Waals surface area contributed by atoms with Crippen molar-refractivity contribution in [3.8, 4) is 0 Å². The van der Waals surface area contributed by atoms with Gasteiger partial charge in [0.1, 0.15) is 0 Å². The van der Waals surface area contributed by atoms with Gasteiger partial charge in [-0.25, -0.2) is 0 Å². The molecule has 0 aromatic rings. The van der Waals surface area contributed by atoms with Gasteiger partial charge in [0.15, 0.2) is 0 Å². The Morgan fingerprint density at radius 1 is 1.50 bits per heavy atom. The molecule has 0 saturated heterocycles. The molecule has 0 aliphatic carbocycles. The molecule has 10 heavy (non-hydrogen) atoms. The summed E-state index contributed by atoms with van der Waals surface area (Å²) in [5, 5.41) is 9.18. The maximum atomic E-state index is 9.18. The zero-order chi connectivity index (χ0) is 7.98. The van der Waals surface area contributed by atoms with E-state index in [1.165, 1.54) is 0 Å². The highest BCUT2D eigenvalue weighted by Crippen LogP contribution is 1.87. The van der Waals surface area contributed by atoms with Gasteiger partial charge >= 0.3 is 0 Å². The molecule has 0 heterocycles. The van der Waals surface area contributed by atoms with Crippen molar-refractivity contribution in [3.63, 3.8) is 0 Å². The summed E-state index contributed by atoms with van der Waals surface area (Å²) in [5.74, 6) is 0. The summed E-state index contributed by atoms with van der Waals surface area (Å²) in [5.41, 5.74) is 0. The number of nitrogens with zero attached hydrogens (tertiary/aromatic N) is 1. The van der Waals surface area contributed by atoms with E-state index in [1.54, 1.807) is 0 Å². The summed E-state index contributed by atoms with van der Waals surface area (Å²) < 4.78 is 5.02. The van der Waals surface area contributed by atoms with Gasteiger partial charge in [0.25, 0.3) is 0 Å². The molecular formula is C7H17NO2. The van der Waals surface area contributed by atoms with E-state index >= 15 is 0 Å². The molecule has 0 aromatic carbocycles. The summed E-state index contributed by atoms with van der Waals surface area (Å²) in [7, 11) is 3.85. The van der Waals surface area contributed by atoms with Crippen LogP contribution < -0.4 is 0 Å². The first kappa shape index (κ1) is 9.88. The van der Waals surface area contributed by atoms with Crippen LogP contribution in [-0.2, 0) is 4.74 Å². The molecule has 0 aliphatic rings. The molecule has 0 fully saturated rings. The number of aliphatic hydroxyl groups is 1. The van der Waals surface area contributed by atoms with Gasteiger partial charge in [0, 0.05) is 13.2 Å². The molecule has 0 saturated carbocycles. The average Bonchev–Trinajstić information content (AvgIpc) is 1.82. The van der Waals surface area contributed by atoms with Gasteiger partial charge in [0.2, 0.25) is 0 Å². The normalized spacial score (nSPS) is 14.1. The van der Waals surface area contributed by atoms with Crippen LogP contribution in [0.3, 0.4) is 0 Å². The summed E-state index contributed by atoms with van der Waals surface area (Å²) in [4.78, 5) is 1.93. The number of aliphatic hydroxyl groups excluding tert-OH is 1. The number of ether oxygens (including phenoxy) is 1. The zero-order valence-corrected chi connectivity index (χ0v) is 7.00. The lowest BCUT2D eigenvalue weighted by molar-refractivity contribution is 0.0292. The second-order valence-electron chi connectivity index (χ2n) is 2.58. The van der Waals surface area contributed by atoms with Gasteiger partial charge in [-0.1, -0.05) is 0 Å². The lowest BCUT2D eigenvalue weighted by Crippen LogP contribution is -2.29. The third-order valence-electron chi connectivity index (χ3n) is 1.09. The highest BCUT2D eigenvalue weighted by molar-refractivity contribution is 4.56. The fourth-order valence-electron chi connectivity index (χ4n) is 0.728. The van der Waals surface area contributed by atoms with Gasteiger partial charge in [-0.05, 0) is 21.0 Å². The Bertz CT molecular complexity index is 76.0. The second-order valence-corrected chi connectivity index (χ2v) is 2.58. The standard InChI is InChI=1S/C7H17NO2/c1-4-10-6-7(9)5-8(2)3/h7,9H,4-6H2,1-3H3. The molecule has 3 heteroatoms. The topological polar surface area (TPSA) is 32.7 Å². The lowest BCUT2D eigenvalue weighted by Gasteiger charge is -2.15. The molecule has 0 radical (unpaired) electrons. The summed E-state index contributed by atoms with van der Waals surface area (Å²) in [6, 6.07) is 0. The molecule has 0 amide bonds. The van der Waals surface area contributed by atoms with Crippen LogP contribution in [0.2, 0.25) is 0 Å². The Morgan fingerprint density at radius 3 is 2.50 bits per heavy atom. The first-order valence-electron chi connectivity index (χ1n) is 3.57. The van der Waals surface area contributed by atoms with Crippen molar-refractivity contribution in [3.05, 3.63) is 0 Å². The van der Waals surface area contributed by atoms with Gasteiger partial charge in [-0.3, -0.25) is 0 Å². The number of likely N-dealkylation sites (N-methyl/N-ethyl adjacent to an activating group) is 1. The van der Waals surface area contributed by atoms with E-state index < -0.39 is 0 Å². The van der Waals surface area contributed by atoms with Crippen molar-refractivity contribution in [2.45, 2.75) is 13.0 Å². The summed E-state index contributed by atoms with van der Waals surface area (Å²) in [6.45, 7) is 3.70. The van der Waals surface area contributed by atoms with Crippen LogP contribution in [0, 0.1) is 0 Å². The average molecular weight is 147 g/mol. The van der Waals surface area contributed by atoms with Crippen molar-refractivity contribution in [1.29, 1.82) is 0 Å². The Morgan fingerprint density at radius 2 is 2.10 bits per heavy atom. The van der Waals surface area contributed by atoms with Gasteiger partial charge in [0.05, 0.1) is 12.7 Å². The van der Waals surface area contributed by atoms with E-state index in [9.17, 15) is 5.11 Å². The van der Waals surface area contributed by atoms with Crippen molar-refractivity contribution < 1.29 is 9.84 Å². The van der Waals surface area contributed by atoms with E-state index in [0.717, 1.165) is 0 Å². The quantitative estimate of drug-likeness (QED) is 0.591. The minimum atomic E-state index is -0.352. The van der Waals surface area contributed by atoms with Crippen molar-refractivity contribution >= 4 is 0 Å². The predicted molar refractivity (Wildman–Crippen MR) is 41.1 cm³/mol. The SMILES string of the molecule is CCOCC(O)CN(C)C. The minimum absolute atomic E-state index is 0.352.